The van der Waals surface area contributed by atoms with Gasteiger partial charge in [0.25, 0.3) is 0 Å². The van der Waals surface area contributed by atoms with E-state index in [0.717, 1.165) is 16.9 Å². The second-order valence-corrected chi connectivity index (χ2v) is 6.10. The summed E-state index contributed by atoms with van der Waals surface area (Å²) >= 11 is 0. The second kappa shape index (κ2) is 6.36. The lowest BCUT2D eigenvalue weighted by Crippen LogP contribution is -2.28. The Morgan fingerprint density at radius 3 is 2.32 bits per heavy atom. The molecule has 0 bridgehead atoms. The molecule has 6 heteroatoms. The van der Waals surface area contributed by atoms with Crippen LogP contribution < -0.4 is 9.46 Å². The van der Waals surface area contributed by atoms with Crippen LogP contribution in [0.3, 0.4) is 0 Å². The first-order chi connectivity index (χ1) is 8.85. The van der Waals surface area contributed by atoms with Crippen LogP contribution in [0.25, 0.3) is 0 Å². The molecule has 0 radical (unpaired) electrons. The number of benzene rings is 1. The summed E-state index contributed by atoms with van der Waals surface area (Å²) in [5, 5.41) is 0. The first-order valence-corrected chi connectivity index (χ1v) is 7.46. The smallest absolute Gasteiger partial charge is 0.240 e. The molecule has 0 spiro atoms. The molecular formula is C13H21NO4S. The van der Waals surface area contributed by atoms with Crippen molar-refractivity contribution in [2.45, 2.75) is 25.7 Å². The van der Waals surface area contributed by atoms with Crippen molar-refractivity contribution in [1.82, 2.24) is 4.72 Å². The predicted molar refractivity (Wildman–Crippen MR) is 74.3 cm³/mol. The molecule has 0 amide bonds. The zero-order chi connectivity index (χ0) is 14.6. The Labute approximate surface area is 115 Å². The van der Waals surface area contributed by atoms with Gasteiger partial charge in [0.15, 0.2) is 0 Å². The van der Waals surface area contributed by atoms with E-state index in [9.17, 15) is 8.42 Å². The van der Waals surface area contributed by atoms with Crippen LogP contribution in [-0.4, -0.2) is 35.8 Å². The van der Waals surface area contributed by atoms with Gasteiger partial charge in [0.1, 0.15) is 5.75 Å². The molecular weight excluding hydrogens is 266 g/mol. The summed E-state index contributed by atoms with van der Waals surface area (Å²) in [6.07, 6.45) is 0. The maximum absolute atomic E-state index is 12.2. The van der Waals surface area contributed by atoms with E-state index >= 15 is 0 Å². The zero-order valence-corrected chi connectivity index (χ0v) is 12.8. The molecule has 1 rings (SSSR count). The number of aryl methyl sites for hydroxylation is 1. The van der Waals surface area contributed by atoms with E-state index in [1.807, 2.05) is 13.8 Å². The van der Waals surface area contributed by atoms with E-state index in [2.05, 4.69) is 4.72 Å². The molecule has 5 nitrogen and oxygen atoms in total. The number of hydrogen-bond acceptors (Lipinski definition) is 4. The fraction of sp³-hybridized carbons (Fsp3) is 0.538. The maximum Gasteiger partial charge on any atom is 0.240 e. The molecule has 19 heavy (non-hydrogen) atoms. The standard InChI is InChI=1S/C13H21NO4S/c1-9-8-12(10(2)11(3)13(9)18-5)19(15,16)14-6-7-17-4/h8,14H,6-7H2,1-5H3. The lowest BCUT2D eigenvalue weighted by molar-refractivity contribution is 0.204. The monoisotopic (exact) mass is 287 g/mol. The normalized spacial score (nSPS) is 11.6. The fourth-order valence-corrected chi connectivity index (χ4v) is 3.37. The van der Waals surface area contributed by atoms with Gasteiger partial charge in [-0.05, 0) is 43.5 Å². The number of rotatable bonds is 6. The Bertz CT molecular complexity index is 552. The van der Waals surface area contributed by atoms with Crippen LogP contribution in [0.15, 0.2) is 11.0 Å². The van der Waals surface area contributed by atoms with Crippen LogP contribution in [0.2, 0.25) is 0 Å². The fourth-order valence-electron chi connectivity index (χ4n) is 1.97. The first kappa shape index (κ1) is 15.9. The highest BCUT2D eigenvalue weighted by Gasteiger charge is 2.20. The Morgan fingerprint density at radius 2 is 1.79 bits per heavy atom. The van der Waals surface area contributed by atoms with Crippen molar-refractivity contribution in [3.8, 4) is 5.75 Å². The number of ether oxygens (including phenoxy) is 2. The minimum atomic E-state index is -3.52. The van der Waals surface area contributed by atoms with E-state index < -0.39 is 10.0 Å². The van der Waals surface area contributed by atoms with Crippen LogP contribution in [0.1, 0.15) is 16.7 Å². The third kappa shape index (κ3) is 3.46. The lowest BCUT2D eigenvalue weighted by atomic mass is 10.1. The van der Waals surface area contributed by atoms with Gasteiger partial charge in [-0.2, -0.15) is 0 Å². The van der Waals surface area contributed by atoms with Crippen LogP contribution in [-0.2, 0) is 14.8 Å². The van der Waals surface area contributed by atoms with Gasteiger partial charge < -0.3 is 9.47 Å². The molecule has 0 saturated carbocycles. The van der Waals surface area contributed by atoms with Crippen molar-refractivity contribution in [3.05, 3.63) is 22.8 Å². The van der Waals surface area contributed by atoms with E-state index in [1.54, 1.807) is 20.1 Å². The summed E-state index contributed by atoms with van der Waals surface area (Å²) in [4.78, 5) is 0.291. The van der Waals surface area contributed by atoms with Gasteiger partial charge in [0, 0.05) is 13.7 Å². The van der Waals surface area contributed by atoms with Crippen molar-refractivity contribution in [1.29, 1.82) is 0 Å². The Morgan fingerprint density at radius 1 is 1.16 bits per heavy atom. The highest BCUT2D eigenvalue weighted by Crippen LogP contribution is 2.30. The Hall–Kier alpha value is -1.11. The van der Waals surface area contributed by atoms with E-state index in [-0.39, 0.29) is 6.54 Å². The molecule has 0 saturated heterocycles. The summed E-state index contributed by atoms with van der Waals surface area (Å²) in [5.41, 5.74) is 2.35. The molecule has 0 heterocycles. The van der Waals surface area contributed by atoms with E-state index in [4.69, 9.17) is 9.47 Å². The third-order valence-corrected chi connectivity index (χ3v) is 4.66. The molecule has 0 unspecified atom stereocenters. The average molecular weight is 287 g/mol. The van der Waals surface area contributed by atoms with Crippen molar-refractivity contribution >= 4 is 10.0 Å². The van der Waals surface area contributed by atoms with Crippen molar-refractivity contribution in [2.75, 3.05) is 27.4 Å². The molecule has 1 aromatic carbocycles. The molecule has 0 aliphatic carbocycles. The number of hydrogen-bond donors (Lipinski definition) is 1. The predicted octanol–water partition coefficient (Wildman–Crippen LogP) is 1.55. The van der Waals surface area contributed by atoms with Gasteiger partial charge in [-0.25, -0.2) is 13.1 Å². The van der Waals surface area contributed by atoms with Gasteiger partial charge in [0.05, 0.1) is 18.6 Å². The highest BCUT2D eigenvalue weighted by atomic mass is 32.2. The lowest BCUT2D eigenvalue weighted by Gasteiger charge is -2.16. The molecule has 0 fully saturated rings. The second-order valence-electron chi connectivity index (χ2n) is 4.37. The van der Waals surface area contributed by atoms with Gasteiger partial charge in [-0.1, -0.05) is 0 Å². The minimum Gasteiger partial charge on any atom is -0.496 e. The molecule has 0 aliphatic rings. The zero-order valence-electron chi connectivity index (χ0n) is 12.0. The van der Waals surface area contributed by atoms with Crippen LogP contribution in [0.4, 0.5) is 0 Å². The van der Waals surface area contributed by atoms with Crippen LogP contribution >= 0.6 is 0 Å². The average Bonchev–Trinajstić information content (AvgIpc) is 2.34. The maximum atomic E-state index is 12.2. The number of methoxy groups -OCH3 is 2. The van der Waals surface area contributed by atoms with E-state index in [1.165, 1.54) is 7.11 Å². The van der Waals surface area contributed by atoms with Gasteiger partial charge in [-0.15, -0.1) is 0 Å². The molecule has 0 aliphatic heterocycles. The van der Waals surface area contributed by atoms with Gasteiger partial charge in [0.2, 0.25) is 10.0 Å². The molecule has 0 atom stereocenters. The third-order valence-electron chi connectivity index (χ3n) is 3.07. The topological polar surface area (TPSA) is 64.6 Å². The number of nitrogens with one attached hydrogen (secondary N) is 1. The summed E-state index contributed by atoms with van der Waals surface area (Å²) in [6.45, 7) is 6.06. The Kier molecular flexibility index (Phi) is 5.34. The minimum absolute atomic E-state index is 0.252. The molecule has 1 N–H and O–H groups in total. The SMILES string of the molecule is COCCNS(=O)(=O)c1cc(C)c(OC)c(C)c1C. The summed E-state index contributed by atoms with van der Waals surface area (Å²) in [6, 6.07) is 1.64. The Balaban J connectivity index is 3.21. The van der Waals surface area contributed by atoms with Crippen molar-refractivity contribution in [3.63, 3.8) is 0 Å². The molecule has 0 aromatic heterocycles. The van der Waals surface area contributed by atoms with Gasteiger partial charge in [-0.3, -0.25) is 0 Å². The van der Waals surface area contributed by atoms with E-state index in [0.29, 0.717) is 17.1 Å². The highest BCUT2D eigenvalue weighted by molar-refractivity contribution is 7.89. The summed E-state index contributed by atoms with van der Waals surface area (Å²) in [7, 11) is -0.407. The number of sulfonamides is 1. The summed E-state index contributed by atoms with van der Waals surface area (Å²) < 4.78 is 37.1. The quantitative estimate of drug-likeness (QED) is 0.806. The summed E-state index contributed by atoms with van der Waals surface area (Å²) in [5.74, 6) is 0.730. The van der Waals surface area contributed by atoms with Crippen LogP contribution in [0, 0.1) is 20.8 Å². The van der Waals surface area contributed by atoms with Crippen molar-refractivity contribution < 1.29 is 17.9 Å². The van der Waals surface area contributed by atoms with Crippen molar-refractivity contribution in [2.24, 2.45) is 0 Å². The first-order valence-electron chi connectivity index (χ1n) is 5.98. The molecule has 1 aromatic rings. The molecule has 108 valence electrons. The van der Waals surface area contributed by atoms with Crippen LogP contribution in [0.5, 0.6) is 5.75 Å². The van der Waals surface area contributed by atoms with Gasteiger partial charge >= 0.3 is 0 Å². The largest absolute Gasteiger partial charge is 0.496 e.